The number of imidazole rings is 1. The van der Waals surface area contributed by atoms with Crippen molar-refractivity contribution in [2.24, 2.45) is 5.92 Å². The van der Waals surface area contributed by atoms with Crippen LogP contribution in [-0.4, -0.2) is 53.4 Å². The van der Waals surface area contributed by atoms with Crippen molar-refractivity contribution in [1.29, 1.82) is 0 Å². The number of aromatic nitrogens is 6. The maximum Gasteiger partial charge on any atom is 0.243 e. The highest BCUT2D eigenvalue weighted by Gasteiger charge is 2.28. The predicted octanol–water partition coefficient (Wildman–Crippen LogP) is 4.43. The number of nitrogens with one attached hydrogen (secondary N) is 2. The standard InChI is InChI=1S/C25H34N8O/c1-15(2)33-16(3)28-20-7-6-19(29-23(20)33)18-10-13-32-21(18)22(26-5)30-24(31-32)27-14-17-8-11-25(4,34)12-9-17/h6-7,10,13,15,17,34H,8-9,11-12,14H2,1-5H3,(H2,26,27,30,31). The molecule has 1 aliphatic carbocycles. The van der Waals surface area contributed by atoms with Gasteiger partial charge in [-0.2, -0.15) is 4.98 Å². The fraction of sp³-hybridized carbons (Fsp3) is 0.520. The van der Waals surface area contributed by atoms with Gasteiger partial charge in [0.05, 0.1) is 11.3 Å². The fourth-order valence-corrected chi connectivity index (χ4v) is 5.08. The molecule has 9 nitrogen and oxygen atoms in total. The second-order valence-corrected chi connectivity index (χ2v) is 10.0. The topological polar surface area (TPSA) is 105 Å². The Kier molecular flexibility index (Phi) is 5.67. The van der Waals surface area contributed by atoms with Gasteiger partial charge in [-0.1, -0.05) is 0 Å². The maximum absolute atomic E-state index is 10.2. The van der Waals surface area contributed by atoms with E-state index in [0.717, 1.165) is 71.8 Å². The number of aryl methyl sites for hydroxylation is 1. The number of aliphatic hydroxyl groups is 1. The zero-order valence-electron chi connectivity index (χ0n) is 20.6. The Morgan fingerprint density at radius 3 is 2.62 bits per heavy atom. The molecule has 5 rings (SSSR count). The van der Waals surface area contributed by atoms with E-state index in [1.54, 1.807) is 0 Å². The van der Waals surface area contributed by atoms with Crippen molar-refractivity contribution in [3.05, 3.63) is 30.2 Å². The molecule has 0 saturated heterocycles. The molecule has 0 bridgehead atoms. The molecule has 0 aliphatic heterocycles. The van der Waals surface area contributed by atoms with Gasteiger partial charge in [0.25, 0.3) is 0 Å². The fourth-order valence-electron chi connectivity index (χ4n) is 5.08. The van der Waals surface area contributed by atoms with E-state index in [-0.39, 0.29) is 6.04 Å². The third kappa shape index (κ3) is 4.09. The van der Waals surface area contributed by atoms with Crippen LogP contribution in [0.4, 0.5) is 11.8 Å². The SMILES string of the molecule is CNc1nc(NCC2CCC(C)(O)CC2)nn2ccc(-c3ccc4nc(C)n(C(C)C)c4n3)c12. The Bertz CT molecular complexity index is 1330. The molecular weight excluding hydrogens is 428 g/mol. The molecule has 0 unspecified atom stereocenters. The molecule has 0 aromatic carbocycles. The van der Waals surface area contributed by atoms with Crippen LogP contribution in [0.3, 0.4) is 0 Å². The summed E-state index contributed by atoms with van der Waals surface area (Å²) in [6, 6.07) is 6.36. The van der Waals surface area contributed by atoms with Crippen molar-refractivity contribution >= 4 is 28.4 Å². The van der Waals surface area contributed by atoms with Gasteiger partial charge in [-0.05, 0) is 77.5 Å². The first-order valence-corrected chi connectivity index (χ1v) is 12.1. The quantitative estimate of drug-likeness (QED) is 0.389. The highest BCUT2D eigenvalue weighted by Crippen LogP contribution is 2.33. The molecule has 1 fully saturated rings. The summed E-state index contributed by atoms with van der Waals surface area (Å²) in [6.07, 6.45) is 5.65. The summed E-state index contributed by atoms with van der Waals surface area (Å²) in [5.41, 5.74) is 4.00. The molecule has 4 heterocycles. The zero-order chi connectivity index (χ0) is 24.0. The van der Waals surface area contributed by atoms with E-state index in [1.807, 2.05) is 49.8 Å². The lowest BCUT2D eigenvalue weighted by molar-refractivity contribution is 0.00975. The Morgan fingerprint density at radius 1 is 1.15 bits per heavy atom. The molecule has 0 amide bonds. The van der Waals surface area contributed by atoms with Crippen LogP contribution in [0.5, 0.6) is 0 Å². The number of nitrogens with zero attached hydrogens (tertiary/aromatic N) is 6. The minimum absolute atomic E-state index is 0.277. The van der Waals surface area contributed by atoms with Crippen LogP contribution in [0.2, 0.25) is 0 Å². The van der Waals surface area contributed by atoms with E-state index in [9.17, 15) is 5.11 Å². The molecule has 9 heteroatoms. The van der Waals surface area contributed by atoms with E-state index in [0.29, 0.717) is 11.9 Å². The van der Waals surface area contributed by atoms with Crippen LogP contribution in [0, 0.1) is 12.8 Å². The summed E-state index contributed by atoms with van der Waals surface area (Å²) in [4.78, 5) is 14.4. The van der Waals surface area contributed by atoms with Crippen molar-refractivity contribution in [1.82, 2.24) is 29.1 Å². The predicted molar refractivity (Wildman–Crippen MR) is 135 cm³/mol. The number of anilines is 2. The molecule has 1 saturated carbocycles. The van der Waals surface area contributed by atoms with Crippen LogP contribution in [0.25, 0.3) is 27.9 Å². The second-order valence-electron chi connectivity index (χ2n) is 10.0. The largest absolute Gasteiger partial charge is 0.390 e. The van der Waals surface area contributed by atoms with E-state index in [4.69, 9.17) is 15.1 Å². The van der Waals surface area contributed by atoms with E-state index < -0.39 is 5.60 Å². The van der Waals surface area contributed by atoms with E-state index in [2.05, 4.69) is 34.0 Å². The summed E-state index contributed by atoms with van der Waals surface area (Å²) in [7, 11) is 1.87. The van der Waals surface area contributed by atoms with Crippen molar-refractivity contribution in [3.8, 4) is 11.3 Å². The summed E-state index contributed by atoms with van der Waals surface area (Å²) < 4.78 is 4.03. The van der Waals surface area contributed by atoms with Gasteiger partial charge in [0.15, 0.2) is 11.5 Å². The van der Waals surface area contributed by atoms with Gasteiger partial charge >= 0.3 is 0 Å². The number of hydrogen-bond acceptors (Lipinski definition) is 7. The summed E-state index contributed by atoms with van der Waals surface area (Å²) >= 11 is 0. The first kappa shape index (κ1) is 22.6. The van der Waals surface area contributed by atoms with Crippen LogP contribution >= 0.6 is 0 Å². The van der Waals surface area contributed by atoms with Gasteiger partial charge < -0.3 is 20.3 Å². The van der Waals surface area contributed by atoms with Gasteiger partial charge in [0.1, 0.15) is 16.9 Å². The molecule has 4 aromatic heterocycles. The highest BCUT2D eigenvalue weighted by atomic mass is 16.3. The van der Waals surface area contributed by atoms with E-state index in [1.165, 1.54) is 0 Å². The van der Waals surface area contributed by atoms with Gasteiger partial charge in [0.2, 0.25) is 5.95 Å². The molecule has 0 spiro atoms. The number of pyridine rings is 1. The van der Waals surface area contributed by atoms with Crippen LogP contribution in [0.1, 0.15) is 58.3 Å². The monoisotopic (exact) mass is 462 g/mol. The Labute approximate surface area is 199 Å². The Hall–Kier alpha value is -3.20. The minimum Gasteiger partial charge on any atom is -0.390 e. The summed E-state index contributed by atoms with van der Waals surface area (Å²) in [5.74, 6) is 2.82. The van der Waals surface area contributed by atoms with E-state index >= 15 is 0 Å². The number of rotatable bonds is 6. The van der Waals surface area contributed by atoms with Crippen LogP contribution in [0.15, 0.2) is 24.4 Å². The lowest BCUT2D eigenvalue weighted by Gasteiger charge is -2.33. The highest BCUT2D eigenvalue weighted by molar-refractivity contribution is 5.89. The van der Waals surface area contributed by atoms with Gasteiger partial charge in [0, 0.05) is 31.4 Å². The maximum atomic E-state index is 10.2. The molecule has 3 N–H and O–H groups in total. The molecule has 0 atom stereocenters. The van der Waals surface area contributed by atoms with Crippen molar-refractivity contribution in [2.45, 2.75) is 65.0 Å². The lowest BCUT2D eigenvalue weighted by Crippen LogP contribution is -2.32. The smallest absolute Gasteiger partial charge is 0.243 e. The van der Waals surface area contributed by atoms with Crippen molar-refractivity contribution in [2.75, 3.05) is 24.2 Å². The normalized spacial score (nSPS) is 21.0. The van der Waals surface area contributed by atoms with Crippen molar-refractivity contribution in [3.63, 3.8) is 0 Å². The molecule has 4 aromatic rings. The van der Waals surface area contributed by atoms with Crippen LogP contribution in [-0.2, 0) is 0 Å². The molecule has 34 heavy (non-hydrogen) atoms. The zero-order valence-corrected chi connectivity index (χ0v) is 20.6. The third-order valence-corrected chi connectivity index (χ3v) is 6.99. The summed E-state index contributed by atoms with van der Waals surface area (Å²) in [6.45, 7) is 9.05. The van der Waals surface area contributed by atoms with Crippen molar-refractivity contribution < 1.29 is 5.11 Å². The van der Waals surface area contributed by atoms with Crippen LogP contribution < -0.4 is 10.6 Å². The van der Waals surface area contributed by atoms with Gasteiger partial charge in [-0.3, -0.25) is 0 Å². The Morgan fingerprint density at radius 2 is 1.91 bits per heavy atom. The Balaban J connectivity index is 1.45. The van der Waals surface area contributed by atoms with Gasteiger partial charge in [-0.25, -0.2) is 14.5 Å². The minimum atomic E-state index is -0.518. The first-order valence-electron chi connectivity index (χ1n) is 12.1. The van der Waals surface area contributed by atoms with Gasteiger partial charge in [-0.15, -0.1) is 5.10 Å². The lowest BCUT2D eigenvalue weighted by atomic mass is 9.80. The summed E-state index contributed by atoms with van der Waals surface area (Å²) in [5, 5.41) is 21.6. The number of hydrogen-bond donors (Lipinski definition) is 3. The molecular formula is C25H34N8O. The number of fused-ring (bicyclic) bond motifs is 2. The second kappa shape index (κ2) is 8.54. The molecule has 1 aliphatic rings. The molecule has 180 valence electrons. The first-order chi connectivity index (χ1) is 16.3. The average molecular weight is 463 g/mol. The molecule has 0 radical (unpaired) electrons. The third-order valence-electron chi connectivity index (χ3n) is 6.99. The average Bonchev–Trinajstić information content (AvgIpc) is 3.37.